The Morgan fingerprint density at radius 2 is 0.765 bits per heavy atom. The van der Waals surface area contributed by atoms with Crippen molar-refractivity contribution in [3.63, 3.8) is 0 Å². The van der Waals surface area contributed by atoms with E-state index in [1.54, 1.807) is 4.74 Å². The number of hydrogen-bond acceptors (Lipinski definition) is 3. The molecule has 0 radical (unpaired) electrons. The molecule has 0 aliphatic heterocycles. The van der Waals surface area contributed by atoms with Crippen molar-refractivity contribution in [3.05, 3.63) is 0 Å². The fourth-order valence-electron chi connectivity index (χ4n) is 0.280. The van der Waals surface area contributed by atoms with E-state index in [1.165, 1.54) is 0 Å². The average Bonchev–Trinajstić information content (AvgIpc) is 1.77. The molecule has 0 aromatic rings. The Morgan fingerprint density at radius 1 is 0.588 bits per heavy atom. The predicted octanol–water partition coefficient (Wildman–Crippen LogP) is -5.90. The van der Waals surface area contributed by atoms with Gasteiger partial charge in [-0.05, 0) is 0 Å². The smallest absolute Gasteiger partial charge is 0.791 e. The van der Waals surface area contributed by atoms with Crippen LogP contribution >= 0.6 is 0 Å². The summed E-state index contributed by atoms with van der Waals surface area (Å²) in [4.78, 5) is 0. The van der Waals surface area contributed by atoms with E-state index in [1.807, 2.05) is 0 Å². The summed E-state index contributed by atoms with van der Waals surface area (Å²) in [7, 11) is 0. The second-order valence-electron chi connectivity index (χ2n) is 2.17. The number of hydrogen-bond donors (Lipinski definition) is 0. The minimum absolute atomic E-state index is 0. The van der Waals surface area contributed by atoms with Crippen molar-refractivity contribution in [2.45, 2.75) is 24.4 Å². The van der Waals surface area contributed by atoms with Crippen molar-refractivity contribution >= 4 is 0 Å². The zero-order chi connectivity index (χ0) is 12.7. The molecule has 0 N–H and O–H groups in total. The summed E-state index contributed by atoms with van der Waals surface area (Å²) >= 11 is 0. The van der Waals surface area contributed by atoms with Gasteiger partial charge >= 0.3 is 115 Å². The standard InChI is InChI=1S/C4F8O3.2K/c5-1(6,13)3(9,10)15-4(11,12)2(7,8)14;;/q-2;2*+1. The summed E-state index contributed by atoms with van der Waals surface area (Å²) in [5.41, 5.74) is 0. The molecule has 0 aliphatic rings. The minimum atomic E-state index is -6.44. The molecule has 0 unspecified atom stereocenters. The Bertz CT molecular complexity index is 212. The van der Waals surface area contributed by atoms with Crippen LogP contribution in [0.1, 0.15) is 0 Å². The maximum Gasteiger partial charge on any atom is 1.00 e. The largest absolute Gasteiger partial charge is 1.00 e. The molecule has 0 atom stereocenters. The van der Waals surface area contributed by atoms with Crippen LogP contribution in [0.5, 0.6) is 0 Å². The summed E-state index contributed by atoms with van der Waals surface area (Å²) in [5.74, 6) is 0. The molecule has 0 fully saturated rings. The van der Waals surface area contributed by atoms with Crippen LogP contribution in [0.3, 0.4) is 0 Å². The normalized spacial score (nSPS) is 13.8. The molecule has 17 heavy (non-hydrogen) atoms. The Morgan fingerprint density at radius 3 is 0.882 bits per heavy atom. The summed E-state index contributed by atoms with van der Waals surface area (Å²) in [6.45, 7) is 0. The van der Waals surface area contributed by atoms with Gasteiger partial charge in [0.2, 0.25) is 0 Å². The third-order valence-electron chi connectivity index (χ3n) is 0.934. The van der Waals surface area contributed by atoms with Gasteiger partial charge in [-0.15, -0.1) is 0 Å². The van der Waals surface area contributed by atoms with Gasteiger partial charge in [-0.2, -0.15) is 17.6 Å². The number of alkyl halides is 8. The van der Waals surface area contributed by atoms with E-state index in [4.69, 9.17) is 0 Å². The van der Waals surface area contributed by atoms with Gasteiger partial charge in [-0.25, -0.2) is 22.3 Å². The minimum Gasteiger partial charge on any atom is -0.791 e. The van der Waals surface area contributed by atoms with Crippen LogP contribution in [-0.2, 0) is 4.74 Å². The van der Waals surface area contributed by atoms with Crippen molar-refractivity contribution in [1.29, 1.82) is 0 Å². The summed E-state index contributed by atoms with van der Waals surface area (Å²) < 4.78 is 93.7. The second kappa shape index (κ2) is 7.56. The monoisotopic (exact) mass is 326 g/mol. The molecule has 0 spiro atoms. The molecule has 0 aliphatic carbocycles. The van der Waals surface area contributed by atoms with E-state index in [9.17, 15) is 45.3 Å². The molecular weight excluding hydrogens is 326 g/mol. The van der Waals surface area contributed by atoms with E-state index in [0.29, 0.717) is 0 Å². The first-order valence-corrected chi connectivity index (χ1v) is 2.83. The number of halogens is 8. The molecule has 0 rings (SSSR count). The van der Waals surface area contributed by atoms with Crippen molar-refractivity contribution in [3.8, 4) is 0 Å². The van der Waals surface area contributed by atoms with Gasteiger partial charge in [-0.1, -0.05) is 0 Å². The van der Waals surface area contributed by atoms with Crippen LogP contribution in [0.4, 0.5) is 35.1 Å². The van der Waals surface area contributed by atoms with E-state index < -0.39 is 24.4 Å². The van der Waals surface area contributed by atoms with Crippen LogP contribution in [0.15, 0.2) is 0 Å². The van der Waals surface area contributed by atoms with Gasteiger partial charge in [0.15, 0.2) is 0 Å². The molecule has 0 aromatic heterocycles. The van der Waals surface area contributed by atoms with Gasteiger partial charge in [0.05, 0.1) is 0 Å². The van der Waals surface area contributed by atoms with E-state index >= 15 is 0 Å². The van der Waals surface area contributed by atoms with Crippen molar-refractivity contribution in [2.75, 3.05) is 0 Å². The fourth-order valence-corrected chi connectivity index (χ4v) is 0.280. The van der Waals surface area contributed by atoms with Gasteiger partial charge in [0, 0.05) is 0 Å². The zero-order valence-electron chi connectivity index (χ0n) is 8.25. The molecule has 13 heteroatoms. The molecule has 3 nitrogen and oxygen atoms in total. The van der Waals surface area contributed by atoms with E-state index in [2.05, 4.69) is 0 Å². The third kappa shape index (κ3) is 7.24. The molecule has 0 bridgehead atoms. The Balaban J connectivity index is -0.000000980. The Kier molecular flexibility index (Phi) is 10.9. The SMILES string of the molecule is [K+].[K+].[O-]C(F)(F)C(F)(F)OC(F)(F)C([O-])(F)F. The fraction of sp³-hybridized carbons (Fsp3) is 1.00. The maximum absolute atomic E-state index is 11.7. The van der Waals surface area contributed by atoms with Gasteiger partial charge in [0.1, 0.15) is 0 Å². The summed E-state index contributed by atoms with van der Waals surface area (Å²) in [5, 5.41) is 18.5. The maximum atomic E-state index is 11.7. The molecule has 0 saturated heterocycles. The molecule has 0 aromatic carbocycles. The molecule has 92 valence electrons. The third-order valence-corrected chi connectivity index (χ3v) is 0.934. The van der Waals surface area contributed by atoms with Crippen LogP contribution in [-0.4, -0.2) is 24.4 Å². The first kappa shape index (κ1) is 24.6. The topological polar surface area (TPSA) is 55.3 Å². The van der Waals surface area contributed by atoms with E-state index in [0.717, 1.165) is 0 Å². The van der Waals surface area contributed by atoms with Crippen molar-refractivity contribution in [1.82, 2.24) is 0 Å². The first-order valence-electron chi connectivity index (χ1n) is 2.83. The molecule has 0 heterocycles. The van der Waals surface area contributed by atoms with Gasteiger partial charge in [-0.3, -0.25) is 0 Å². The molecule has 0 amide bonds. The number of rotatable bonds is 4. The zero-order valence-corrected chi connectivity index (χ0v) is 14.5. The molecular formula is C4F8K2O3. The van der Waals surface area contributed by atoms with Crippen molar-refractivity contribution < 1.29 is 153 Å². The average molecular weight is 326 g/mol. The Hall–Kier alpha value is 2.59. The van der Waals surface area contributed by atoms with Gasteiger partial charge in [0.25, 0.3) is 12.2 Å². The second-order valence-corrected chi connectivity index (χ2v) is 2.17. The van der Waals surface area contributed by atoms with Crippen LogP contribution < -0.4 is 113 Å². The number of ether oxygens (including phenoxy) is 1. The summed E-state index contributed by atoms with van der Waals surface area (Å²) in [6.07, 6.45) is -25.7. The first-order chi connectivity index (χ1) is 6.21. The van der Waals surface area contributed by atoms with E-state index in [-0.39, 0.29) is 103 Å². The summed E-state index contributed by atoms with van der Waals surface area (Å²) in [6, 6.07) is 0. The van der Waals surface area contributed by atoms with Crippen molar-refractivity contribution in [2.24, 2.45) is 0 Å². The van der Waals surface area contributed by atoms with Gasteiger partial charge < -0.3 is 10.2 Å². The van der Waals surface area contributed by atoms with Crippen LogP contribution in [0.25, 0.3) is 0 Å². The Labute approximate surface area is 174 Å². The molecule has 0 saturated carbocycles. The van der Waals surface area contributed by atoms with Crippen LogP contribution in [0, 0.1) is 0 Å². The quantitative estimate of drug-likeness (QED) is 0.382. The predicted molar refractivity (Wildman–Crippen MR) is 20.9 cm³/mol. The van der Waals surface area contributed by atoms with Crippen LogP contribution in [0.2, 0.25) is 0 Å².